The predicted molar refractivity (Wildman–Crippen MR) is 150 cm³/mol. The van der Waals surface area contributed by atoms with Crippen molar-refractivity contribution in [3.63, 3.8) is 0 Å². The van der Waals surface area contributed by atoms with Gasteiger partial charge in [-0.2, -0.15) is 13.2 Å². The average molecular weight is 589 g/mol. The Morgan fingerprint density at radius 3 is 2.45 bits per heavy atom. The van der Waals surface area contributed by atoms with Gasteiger partial charge in [0.25, 0.3) is 0 Å². The van der Waals surface area contributed by atoms with Gasteiger partial charge in [-0.25, -0.2) is 9.18 Å². The summed E-state index contributed by atoms with van der Waals surface area (Å²) < 4.78 is 69.8. The average Bonchev–Trinajstić information content (AvgIpc) is 3.39. The van der Waals surface area contributed by atoms with Crippen LogP contribution in [0.15, 0.2) is 80.2 Å². The van der Waals surface area contributed by atoms with Gasteiger partial charge in [-0.1, -0.05) is 23.9 Å². The fourth-order valence-corrected chi connectivity index (χ4v) is 4.42. The van der Waals surface area contributed by atoms with Crippen LogP contribution in [0.2, 0.25) is 0 Å². The number of H-pyrrole nitrogens is 1. The molecule has 0 radical (unpaired) electrons. The van der Waals surface area contributed by atoms with E-state index in [0.29, 0.717) is 42.2 Å². The standard InChI is InChI=1S/C30H32F4N4O4/c1-19(2)27(21-6-8-22(9-7-21)30(32,33)34)35-26(5-4-12-38-13-15-40-16-14-38)20(3)18-41-23-10-11-24(25(31)17-23)28-36-29(39)42-37-28/h6-11,17H,1,4-5,12-16,18H2,2-3H3,(H,36,37,39)/b26-20+,35-27+. The van der Waals surface area contributed by atoms with E-state index in [1.165, 1.54) is 24.3 Å². The van der Waals surface area contributed by atoms with E-state index in [4.69, 9.17) is 14.5 Å². The largest absolute Gasteiger partial charge is 0.489 e. The number of allylic oxidation sites excluding steroid dienone is 2. The summed E-state index contributed by atoms with van der Waals surface area (Å²) in [6.07, 6.45) is -3.08. The number of aromatic amines is 1. The number of morpholine rings is 1. The van der Waals surface area contributed by atoms with E-state index in [1.54, 1.807) is 13.0 Å². The van der Waals surface area contributed by atoms with Crippen LogP contribution in [0, 0.1) is 5.82 Å². The van der Waals surface area contributed by atoms with Gasteiger partial charge in [-0.05, 0) is 68.6 Å². The van der Waals surface area contributed by atoms with Gasteiger partial charge in [0, 0.05) is 30.4 Å². The lowest BCUT2D eigenvalue weighted by atomic mass is 10.0. The summed E-state index contributed by atoms with van der Waals surface area (Å²) in [7, 11) is 0. The molecular weight excluding hydrogens is 556 g/mol. The molecule has 4 rings (SSSR count). The van der Waals surface area contributed by atoms with Crippen LogP contribution in [0.5, 0.6) is 5.75 Å². The van der Waals surface area contributed by atoms with Crippen molar-refractivity contribution in [3.05, 3.63) is 93.4 Å². The highest BCUT2D eigenvalue weighted by Gasteiger charge is 2.30. The van der Waals surface area contributed by atoms with Crippen LogP contribution >= 0.6 is 0 Å². The Kier molecular flexibility index (Phi) is 10.1. The lowest BCUT2D eigenvalue weighted by Crippen LogP contribution is -2.36. The quantitative estimate of drug-likeness (QED) is 0.218. The van der Waals surface area contributed by atoms with Gasteiger partial charge in [0.2, 0.25) is 0 Å². The fraction of sp³-hybridized carbons (Fsp3) is 0.367. The van der Waals surface area contributed by atoms with Crippen molar-refractivity contribution in [1.29, 1.82) is 0 Å². The van der Waals surface area contributed by atoms with Crippen molar-refractivity contribution in [2.45, 2.75) is 32.9 Å². The number of ether oxygens (including phenoxy) is 2. The number of benzene rings is 2. The van der Waals surface area contributed by atoms with E-state index in [2.05, 4.69) is 26.1 Å². The Balaban J connectivity index is 1.57. The summed E-state index contributed by atoms with van der Waals surface area (Å²) in [5.41, 5.74) is 2.37. The molecule has 1 N–H and O–H groups in total. The number of hydrogen-bond donors (Lipinski definition) is 1. The smallest absolute Gasteiger partial charge is 0.439 e. The molecule has 12 heteroatoms. The molecule has 1 fully saturated rings. The van der Waals surface area contributed by atoms with Crippen molar-refractivity contribution < 1.29 is 31.6 Å². The summed E-state index contributed by atoms with van der Waals surface area (Å²) in [6, 6.07) is 8.97. The zero-order valence-corrected chi connectivity index (χ0v) is 23.4. The normalized spacial score (nSPS) is 15.4. The second-order valence-corrected chi connectivity index (χ2v) is 9.97. The van der Waals surface area contributed by atoms with Gasteiger partial charge in [0.15, 0.2) is 5.82 Å². The fourth-order valence-electron chi connectivity index (χ4n) is 4.42. The number of rotatable bonds is 11. The first-order chi connectivity index (χ1) is 20.0. The van der Waals surface area contributed by atoms with E-state index in [9.17, 15) is 22.4 Å². The monoisotopic (exact) mass is 588 g/mol. The van der Waals surface area contributed by atoms with Gasteiger partial charge in [0.1, 0.15) is 18.2 Å². The first-order valence-corrected chi connectivity index (χ1v) is 13.4. The predicted octanol–water partition coefficient (Wildman–Crippen LogP) is 6.02. The van der Waals surface area contributed by atoms with Crippen LogP contribution in [0.4, 0.5) is 17.6 Å². The summed E-state index contributed by atoms with van der Waals surface area (Å²) in [4.78, 5) is 20.7. The van der Waals surface area contributed by atoms with E-state index in [-0.39, 0.29) is 23.7 Å². The van der Waals surface area contributed by atoms with Crippen molar-refractivity contribution in [2.24, 2.45) is 4.99 Å². The summed E-state index contributed by atoms with van der Waals surface area (Å²) in [5.74, 6) is -1.24. The topological polar surface area (TPSA) is 92.9 Å². The minimum Gasteiger partial charge on any atom is -0.489 e. The molecule has 1 saturated heterocycles. The van der Waals surface area contributed by atoms with E-state index in [1.807, 2.05) is 6.92 Å². The Hall–Kier alpha value is -4.03. The maximum Gasteiger partial charge on any atom is 0.439 e. The zero-order valence-electron chi connectivity index (χ0n) is 23.4. The highest BCUT2D eigenvalue weighted by atomic mass is 19.4. The molecule has 0 amide bonds. The second kappa shape index (κ2) is 13.8. The van der Waals surface area contributed by atoms with E-state index >= 15 is 0 Å². The molecule has 0 bridgehead atoms. The number of nitrogens with one attached hydrogen (secondary N) is 1. The molecule has 3 aromatic rings. The third-order valence-electron chi connectivity index (χ3n) is 6.71. The van der Waals surface area contributed by atoms with Gasteiger partial charge >= 0.3 is 11.9 Å². The van der Waals surface area contributed by atoms with E-state index < -0.39 is 23.3 Å². The highest BCUT2D eigenvalue weighted by Crippen LogP contribution is 2.30. The van der Waals surface area contributed by atoms with Crippen LogP contribution in [0.25, 0.3) is 11.4 Å². The Morgan fingerprint density at radius 2 is 1.86 bits per heavy atom. The molecule has 0 atom stereocenters. The zero-order chi connectivity index (χ0) is 30.3. The van der Waals surface area contributed by atoms with Crippen LogP contribution in [0.3, 0.4) is 0 Å². The Morgan fingerprint density at radius 1 is 1.14 bits per heavy atom. The summed E-state index contributed by atoms with van der Waals surface area (Å²) in [5, 5.41) is 3.50. The number of hydrogen-bond acceptors (Lipinski definition) is 7. The maximum absolute atomic E-state index is 14.7. The molecule has 1 aliphatic heterocycles. The third kappa shape index (κ3) is 8.26. The summed E-state index contributed by atoms with van der Waals surface area (Å²) >= 11 is 0. The minimum absolute atomic E-state index is 0.0346. The maximum atomic E-state index is 14.7. The van der Waals surface area contributed by atoms with E-state index in [0.717, 1.165) is 43.8 Å². The van der Waals surface area contributed by atoms with Crippen LogP contribution < -0.4 is 10.5 Å². The first-order valence-electron chi connectivity index (χ1n) is 13.4. The molecule has 2 heterocycles. The molecule has 8 nitrogen and oxygen atoms in total. The number of halogens is 4. The molecular formula is C30H32F4N4O4. The molecule has 0 saturated carbocycles. The number of aromatic nitrogens is 2. The van der Waals surface area contributed by atoms with Crippen molar-refractivity contribution in [1.82, 2.24) is 15.0 Å². The number of alkyl halides is 3. The molecule has 2 aromatic carbocycles. The van der Waals surface area contributed by atoms with Gasteiger partial charge in [-0.15, -0.1) is 0 Å². The molecule has 42 heavy (non-hydrogen) atoms. The highest BCUT2D eigenvalue weighted by molar-refractivity contribution is 6.12. The second-order valence-electron chi connectivity index (χ2n) is 9.97. The molecule has 0 unspecified atom stereocenters. The lowest BCUT2D eigenvalue weighted by Gasteiger charge is -2.26. The number of nitrogens with zero attached hydrogens (tertiary/aromatic N) is 3. The molecule has 1 aromatic heterocycles. The lowest BCUT2D eigenvalue weighted by molar-refractivity contribution is -0.137. The SMILES string of the molecule is C=C(C)/C(=N\C(CCCN1CCOCC1)=C(/C)COc1ccc(-c2noc(=O)[nH]2)c(F)c1)c1ccc(C(F)(F)F)cc1. The van der Waals surface area contributed by atoms with Crippen molar-refractivity contribution in [3.8, 4) is 17.1 Å². The molecule has 0 spiro atoms. The molecule has 1 aliphatic rings. The third-order valence-corrected chi connectivity index (χ3v) is 6.71. The minimum atomic E-state index is -4.44. The molecule has 0 aliphatic carbocycles. The first kappa shape index (κ1) is 30.9. The van der Waals surface area contributed by atoms with Gasteiger partial charge in [-0.3, -0.25) is 19.4 Å². The molecule has 224 valence electrons. The Bertz CT molecular complexity index is 1500. The van der Waals surface area contributed by atoms with Gasteiger partial charge in [0.05, 0.1) is 30.1 Å². The Labute approximate surface area is 240 Å². The van der Waals surface area contributed by atoms with Crippen LogP contribution in [-0.2, 0) is 10.9 Å². The van der Waals surface area contributed by atoms with Crippen LogP contribution in [-0.4, -0.2) is 60.2 Å². The van der Waals surface area contributed by atoms with Crippen LogP contribution in [0.1, 0.15) is 37.8 Å². The van der Waals surface area contributed by atoms with Gasteiger partial charge < -0.3 is 9.47 Å². The number of aliphatic imine (C=N–C) groups is 1. The van der Waals surface area contributed by atoms with Crippen molar-refractivity contribution in [2.75, 3.05) is 39.5 Å². The van der Waals surface area contributed by atoms with Crippen molar-refractivity contribution >= 4 is 5.71 Å². The summed E-state index contributed by atoms with van der Waals surface area (Å²) in [6.45, 7) is 11.6.